The number of ether oxygens (including phenoxy) is 2. The molecular weight excluding hydrogens is 664 g/mol. The largest absolute Gasteiger partial charge is 0.491 e. The zero-order chi connectivity index (χ0) is 34.8. The van der Waals surface area contributed by atoms with Crippen molar-refractivity contribution in [3.8, 4) is 17.6 Å². The van der Waals surface area contributed by atoms with Crippen molar-refractivity contribution in [1.29, 1.82) is 0 Å². The average Bonchev–Trinajstić information content (AvgIpc) is 3.71. The van der Waals surface area contributed by atoms with E-state index in [0.717, 1.165) is 38.9 Å². The Morgan fingerprint density at radius 1 is 1.08 bits per heavy atom. The van der Waals surface area contributed by atoms with Crippen LogP contribution < -0.4 is 20.3 Å². The summed E-state index contributed by atoms with van der Waals surface area (Å²) in [6.45, 7) is 6.51. The number of likely N-dealkylation sites (N-methyl/N-ethyl adjacent to an activating group) is 2. The first-order valence-corrected chi connectivity index (χ1v) is 17.5. The molecule has 0 aliphatic rings. The maximum Gasteiger partial charge on any atom is 0.358 e. The Labute approximate surface area is 293 Å². The number of thiazole rings is 2. The molecule has 0 aliphatic carbocycles. The van der Waals surface area contributed by atoms with E-state index in [1.165, 1.54) is 17.4 Å². The second-order valence-corrected chi connectivity index (χ2v) is 13.2. The first-order chi connectivity index (χ1) is 23.7. The molecule has 0 aliphatic heterocycles. The van der Waals surface area contributed by atoms with Gasteiger partial charge in [0.1, 0.15) is 0 Å². The number of hydrogen-bond donors (Lipinski definition) is 2. The van der Waals surface area contributed by atoms with E-state index in [4.69, 9.17) is 9.47 Å². The van der Waals surface area contributed by atoms with Gasteiger partial charge in [-0.25, -0.2) is 19.2 Å². The number of aromatic nitrogens is 4. The van der Waals surface area contributed by atoms with E-state index in [1.807, 2.05) is 58.4 Å². The smallest absolute Gasteiger partial charge is 0.358 e. The zero-order valence-electron chi connectivity index (χ0n) is 28.2. The predicted octanol–water partition coefficient (Wildman–Crippen LogP) is 6.19. The maximum atomic E-state index is 14.8. The summed E-state index contributed by atoms with van der Waals surface area (Å²) >= 11 is 2.91. The van der Waals surface area contributed by atoms with Crippen molar-refractivity contribution < 1.29 is 18.7 Å². The Morgan fingerprint density at radius 2 is 1.92 bits per heavy atom. The quantitative estimate of drug-likeness (QED) is 0.0739. The van der Waals surface area contributed by atoms with Gasteiger partial charge in [-0.3, -0.25) is 4.90 Å². The molecule has 0 radical (unpaired) electrons. The lowest BCUT2D eigenvalue weighted by atomic mass is 10.2. The van der Waals surface area contributed by atoms with Crippen molar-refractivity contribution in [2.75, 3.05) is 64.2 Å². The van der Waals surface area contributed by atoms with Crippen LogP contribution in [0.3, 0.4) is 0 Å². The van der Waals surface area contributed by atoms with Crippen LogP contribution in [0.25, 0.3) is 10.2 Å². The number of para-hydroxylation sites is 1. The number of halogens is 1. The fourth-order valence-corrected chi connectivity index (χ4v) is 6.59. The minimum Gasteiger partial charge on any atom is -0.491 e. The molecule has 49 heavy (non-hydrogen) atoms. The second-order valence-electron chi connectivity index (χ2n) is 11.1. The molecule has 0 atom stereocenters. The Morgan fingerprint density at radius 3 is 2.67 bits per heavy atom. The first-order valence-electron chi connectivity index (χ1n) is 15.9. The Kier molecular flexibility index (Phi) is 12.4. The van der Waals surface area contributed by atoms with E-state index in [2.05, 4.69) is 47.5 Å². The highest BCUT2D eigenvalue weighted by molar-refractivity contribution is 7.22. The third kappa shape index (κ3) is 9.48. The number of anilines is 4. The number of rotatable bonds is 15. The van der Waals surface area contributed by atoms with E-state index in [9.17, 15) is 9.18 Å². The van der Waals surface area contributed by atoms with Crippen LogP contribution in [0.15, 0.2) is 48.5 Å². The van der Waals surface area contributed by atoms with Gasteiger partial charge in [-0.05, 0) is 82.7 Å². The first kappa shape index (κ1) is 35.6. The summed E-state index contributed by atoms with van der Waals surface area (Å²) in [5, 5.41) is 16.5. The lowest BCUT2D eigenvalue weighted by Crippen LogP contribution is -2.27. The van der Waals surface area contributed by atoms with Crippen LogP contribution >= 0.6 is 22.7 Å². The number of esters is 1. The van der Waals surface area contributed by atoms with E-state index >= 15 is 0 Å². The molecule has 0 spiro atoms. The Bertz CT molecular complexity index is 1920. The summed E-state index contributed by atoms with van der Waals surface area (Å²) < 4.78 is 26.9. The van der Waals surface area contributed by atoms with Crippen molar-refractivity contribution in [3.05, 3.63) is 76.0 Å². The number of carbonyl (C=O) groups is 1. The number of fused-ring (bicyclic) bond motifs is 1. The maximum absolute atomic E-state index is 14.8. The third-order valence-electron chi connectivity index (χ3n) is 7.34. The standard InChI is InChI=1S/C35H39FN8O3S2/c1-6-46-33(45)31-29(14-10-20-47-27-16-15-24(22-25(27)36)11-9-18-43(4)19-17-37-3)49-35(39-31)44(5)30-21-23(2)32(42-41-30)40-34-38-26-12-7-8-13-28(26)48-34/h7-8,12-13,15-16,21-22,37H,6,10,14,17-20H2,1-5H3,(H,38,40,42). The average molecular weight is 703 g/mol. The summed E-state index contributed by atoms with van der Waals surface area (Å²) in [6.07, 6.45) is 1.02. The molecule has 3 aromatic heterocycles. The lowest BCUT2D eigenvalue weighted by Gasteiger charge is -2.15. The summed E-state index contributed by atoms with van der Waals surface area (Å²) in [6, 6.07) is 14.6. The molecule has 11 nitrogen and oxygen atoms in total. The molecule has 2 aromatic carbocycles. The number of aryl methyl sites for hydroxylation is 2. The van der Waals surface area contributed by atoms with Gasteiger partial charge in [-0.1, -0.05) is 35.3 Å². The Hall–Kier alpha value is -4.68. The summed E-state index contributed by atoms with van der Waals surface area (Å²) in [5.74, 6) is 6.43. The highest BCUT2D eigenvalue weighted by Gasteiger charge is 2.22. The van der Waals surface area contributed by atoms with Crippen LogP contribution in [0.1, 0.15) is 39.8 Å². The zero-order valence-corrected chi connectivity index (χ0v) is 29.8. The molecule has 0 bridgehead atoms. The van der Waals surface area contributed by atoms with Gasteiger partial charge in [0.05, 0.1) is 30.0 Å². The van der Waals surface area contributed by atoms with Gasteiger partial charge < -0.3 is 25.0 Å². The van der Waals surface area contributed by atoms with Gasteiger partial charge in [-0.15, -0.1) is 21.5 Å². The van der Waals surface area contributed by atoms with Gasteiger partial charge in [0.25, 0.3) is 0 Å². The van der Waals surface area contributed by atoms with Crippen LogP contribution in [0.4, 0.5) is 26.3 Å². The SMILES string of the molecule is CCOC(=O)c1nc(N(C)c2cc(C)c(Nc3nc4ccccc4s3)nn2)sc1CCCOc1ccc(C#CCN(C)CCNC)cc1F. The second kappa shape index (κ2) is 17.1. The van der Waals surface area contributed by atoms with Crippen LogP contribution in [-0.4, -0.2) is 85.0 Å². The molecule has 5 rings (SSSR count). The normalized spacial score (nSPS) is 11.0. The fraction of sp³-hybridized carbons (Fsp3) is 0.343. The monoisotopic (exact) mass is 702 g/mol. The molecule has 3 heterocycles. The van der Waals surface area contributed by atoms with Crippen LogP contribution in [-0.2, 0) is 11.2 Å². The molecule has 0 amide bonds. The molecule has 14 heteroatoms. The highest BCUT2D eigenvalue weighted by Crippen LogP contribution is 2.33. The molecule has 2 N–H and O–H groups in total. The van der Waals surface area contributed by atoms with Gasteiger partial charge in [0.15, 0.2) is 39.2 Å². The minimum atomic E-state index is -0.497. The predicted molar refractivity (Wildman–Crippen MR) is 194 cm³/mol. The molecule has 0 saturated carbocycles. The molecule has 0 fully saturated rings. The summed E-state index contributed by atoms with van der Waals surface area (Å²) in [5.41, 5.74) is 2.63. The van der Waals surface area contributed by atoms with Gasteiger partial charge in [-0.2, -0.15) is 0 Å². The fourth-order valence-electron chi connectivity index (χ4n) is 4.66. The molecule has 0 unspecified atom stereocenters. The molecule has 0 saturated heterocycles. The number of carbonyl (C=O) groups excluding carboxylic acids is 1. The van der Waals surface area contributed by atoms with E-state index in [0.29, 0.717) is 41.7 Å². The number of nitrogens with zero attached hydrogens (tertiary/aromatic N) is 6. The highest BCUT2D eigenvalue weighted by atomic mass is 32.1. The van der Waals surface area contributed by atoms with Crippen molar-refractivity contribution in [2.45, 2.75) is 26.7 Å². The van der Waals surface area contributed by atoms with E-state index in [1.54, 1.807) is 35.3 Å². The molecule has 5 aromatic rings. The molecular formula is C35H39FN8O3S2. The topological polar surface area (TPSA) is 118 Å². The third-order valence-corrected chi connectivity index (χ3v) is 9.48. The van der Waals surface area contributed by atoms with Crippen LogP contribution in [0, 0.1) is 24.6 Å². The Balaban J connectivity index is 1.21. The number of benzene rings is 2. The van der Waals surface area contributed by atoms with Crippen LogP contribution in [0.5, 0.6) is 5.75 Å². The number of nitrogens with one attached hydrogen (secondary N) is 2. The van der Waals surface area contributed by atoms with E-state index in [-0.39, 0.29) is 24.7 Å². The minimum absolute atomic E-state index is 0.155. The van der Waals surface area contributed by atoms with Gasteiger partial charge in [0, 0.05) is 30.6 Å². The van der Waals surface area contributed by atoms with Gasteiger partial charge >= 0.3 is 5.97 Å². The van der Waals surface area contributed by atoms with E-state index < -0.39 is 11.8 Å². The van der Waals surface area contributed by atoms with Gasteiger partial charge in [0.2, 0.25) is 0 Å². The van der Waals surface area contributed by atoms with Crippen molar-refractivity contribution in [2.24, 2.45) is 0 Å². The summed E-state index contributed by atoms with van der Waals surface area (Å²) in [4.78, 5) is 26.7. The summed E-state index contributed by atoms with van der Waals surface area (Å²) in [7, 11) is 5.72. The lowest BCUT2D eigenvalue weighted by molar-refractivity contribution is 0.0519. The number of hydrogen-bond acceptors (Lipinski definition) is 13. The van der Waals surface area contributed by atoms with Crippen molar-refractivity contribution in [3.63, 3.8) is 0 Å². The van der Waals surface area contributed by atoms with Crippen LogP contribution in [0.2, 0.25) is 0 Å². The molecule has 256 valence electrons. The van der Waals surface area contributed by atoms with Crippen molar-refractivity contribution >= 4 is 60.8 Å². The van der Waals surface area contributed by atoms with Crippen molar-refractivity contribution in [1.82, 2.24) is 30.4 Å².